The van der Waals surface area contributed by atoms with Gasteiger partial charge in [-0.2, -0.15) is 0 Å². The lowest BCUT2D eigenvalue weighted by Crippen LogP contribution is -3.19. The summed E-state index contributed by atoms with van der Waals surface area (Å²) in [4.78, 5) is 26.8. The first-order valence-corrected chi connectivity index (χ1v) is 8.25. The highest BCUT2D eigenvalue weighted by atomic mass is 19.1. The van der Waals surface area contributed by atoms with E-state index in [0.717, 1.165) is 4.90 Å². The van der Waals surface area contributed by atoms with Crippen molar-refractivity contribution in [2.45, 2.75) is 26.8 Å². The van der Waals surface area contributed by atoms with Gasteiger partial charge in [0.2, 0.25) is 0 Å². The molecule has 1 aliphatic rings. The smallest absolute Gasteiger partial charge is 0.410 e. The van der Waals surface area contributed by atoms with Gasteiger partial charge in [0.05, 0.1) is 32.8 Å². The van der Waals surface area contributed by atoms with Gasteiger partial charge in [-0.25, -0.2) is 9.18 Å². The van der Waals surface area contributed by atoms with Gasteiger partial charge in [0, 0.05) is 5.69 Å². The number of halogens is 1. The molecule has 2 amide bonds. The lowest BCUT2D eigenvalue weighted by Gasteiger charge is -2.34. The molecule has 0 saturated carbocycles. The Morgan fingerprint density at radius 1 is 1.38 bits per heavy atom. The van der Waals surface area contributed by atoms with Crippen molar-refractivity contribution in [3.05, 3.63) is 29.6 Å². The van der Waals surface area contributed by atoms with Crippen molar-refractivity contribution >= 4 is 17.7 Å². The van der Waals surface area contributed by atoms with Crippen molar-refractivity contribution in [3.63, 3.8) is 0 Å². The van der Waals surface area contributed by atoms with Crippen LogP contribution in [0.5, 0.6) is 0 Å². The predicted molar refractivity (Wildman–Crippen MR) is 88.5 cm³/mol. The molecule has 1 atom stereocenters. The monoisotopic (exact) mass is 338 g/mol. The number of carbonyl (C=O) groups excluding carboxylic acids is 2. The van der Waals surface area contributed by atoms with Gasteiger partial charge >= 0.3 is 6.09 Å². The van der Waals surface area contributed by atoms with Gasteiger partial charge in [0.1, 0.15) is 5.82 Å². The average molecular weight is 338 g/mol. The topological polar surface area (TPSA) is 63.1 Å². The van der Waals surface area contributed by atoms with Gasteiger partial charge in [-0.15, -0.1) is 0 Å². The third-order valence-electron chi connectivity index (χ3n) is 4.38. The SMILES string of the molecule is CCOC(=O)N1CC[NH+]([C@@H](C)C(=O)Nc2ccc(C)c(F)c2)CC1. The lowest BCUT2D eigenvalue weighted by molar-refractivity contribution is -0.917. The molecule has 7 heteroatoms. The second-order valence-electron chi connectivity index (χ2n) is 6.02. The highest BCUT2D eigenvalue weighted by Gasteiger charge is 2.31. The zero-order chi connectivity index (χ0) is 17.7. The number of nitrogens with zero attached hydrogens (tertiary/aromatic N) is 1. The number of rotatable bonds is 4. The van der Waals surface area contributed by atoms with Crippen LogP contribution in [-0.2, 0) is 9.53 Å². The summed E-state index contributed by atoms with van der Waals surface area (Å²) in [6.45, 7) is 8.13. The summed E-state index contributed by atoms with van der Waals surface area (Å²) < 4.78 is 18.5. The first-order valence-electron chi connectivity index (χ1n) is 8.25. The number of anilines is 1. The summed E-state index contributed by atoms with van der Waals surface area (Å²) in [6.07, 6.45) is -0.302. The van der Waals surface area contributed by atoms with Gasteiger partial charge in [0.25, 0.3) is 5.91 Å². The minimum atomic E-state index is -0.337. The molecule has 0 aromatic heterocycles. The van der Waals surface area contributed by atoms with E-state index in [9.17, 15) is 14.0 Å². The maximum Gasteiger partial charge on any atom is 0.410 e. The third-order valence-corrected chi connectivity index (χ3v) is 4.38. The number of aryl methyl sites for hydroxylation is 1. The Labute approximate surface area is 141 Å². The van der Waals surface area contributed by atoms with Crippen LogP contribution in [0.25, 0.3) is 0 Å². The molecule has 6 nitrogen and oxygen atoms in total. The molecule has 0 unspecified atom stereocenters. The number of piperazine rings is 1. The minimum absolute atomic E-state index is 0.155. The van der Waals surface area contributed by atoms with Crippen molar-refractivity contribution in [1.82, 2.24) is 4.90 Å². The van der Waals surface area contributed by atoms with Crippen LogP contribution in [-0.4, -0.2) is 55.7 Å². The molecule has 1 aromatic carbocycles. The second-order valence-corrected chi connectivity index (χ2v) is 6.02. The maximum absolute atomic E-state index is 13.6. The van der Waals surface area contributed by atoms with E-state index in [1.807, 2.05) is 6.92 Å². The van der Waals surface area contributed by atoms with Crippen LogP contribution >= 0.6 is 0 Å². The first kappa shape index (κ1) is 18.2. The number of carbonyl (C=O) groups is 2. The van der Waals surface area contributed by atoms with Gasteiger partial charge < -0.3 is 15.0 Å². The van der Waals surface area contributed by atoms with Gasteiger partial charge in [-0.3, -0.25) is 9.69 Å². The van der Waals surface area contributed by atoms with Gasteiger partial charge in [0.15, 0.2) is 6.04 Å². The van der Waals surface area contributed by atoms with E-state index in [-0.39, 0.29) is 23.9 Å². The molecular formula is C17H25FN3O3+. The number of quaternary nitrogens is 1. The Bertz CT molecular complexity index is 601. The number of amides is 2. The molecule has 132 valence electrons. The Morgan fingerprint density at radius 2 is 2.04 bits per heavy atom. The highest BCUT2D eigenvalue weighted by molar-refractivity contribution is 5.93. The summed E-state index contributed by atoms with van der Waals surface area (Å²) >= 11 is 0. The van der Waals surface area contributed by atoms with E-state index in [1.54, 1.807) is 30.9 Å². The van der Waals surface area contributed by atoms with Crippen molar-refractivity contribution < 1.29 is 23.6 Å². The molecule has 2 N–H and O–H groups in total. The summed E-state index contributed by atoms with van der Waals surface area (Å²) in [7, 11) is 0. The van der Waals surface area contributed by atoms with Gasteiger partial charge in [-0.1, -0.05) is 6.07 Å². The minimum Gasteiger partial charge on any atom is -0.450 e. The Balaban J connectivity index is 1.87. The fourth-order valence-corrected chi connectivity index (χ4v) is 2.73. The molecule has 24 heavy (non-hydrogen) atoms. The molecule has 0 radical (unpaired) electrons. The van der Waals surface area contributed by atoms with E-state index in [1.165, 1.54) is 6.07 Å². The molecule has 0 bridgehead atoms. The van der Waals surface area contributed by atoms with Crippen LogP contribution in [0.1, 0.15) is 19.4 Å². The van der Waals surface area contributed by atoms with Crippen LogP contribution in [0, 0.1) is 12.7 Å². The molecule has 1 saturated heterocycles. The Morgan fingerprint density at radius 3 is 2.62 bits per heavy atom. The summed E-state index contributed by atoms with van der Waals surface area (Å²) in [5, 5.41) is 2.76. The van der Waals surface area contributed by atoms with Gasteiger partial charge in [-0.05, 0) is 38.5 Å². The van der Waals surface area contributed by atoms with Crippen LogP contribution in [0.15, 0.2) is 18.2 Å². The molecule has 2 rings (SSSR count). The standard InChI is InChI=1S/C17H24FN3O3/c1-4-24-17(23)21-9-7-20(8-10-21)13(3)16(22)19-14-6-5-12(2)15(18)11-14/h5-6,11,13H,4,7-10H2,1-3H3,(H,19,22)/p+1/t13-/m0/s1. The third kappa shape index (κ3) is 4.44. The van der Waals surface area contributed by atoms with Crippen molar-refractivity contribution in [1.29, 1.82) is 0 Å². The molecular weight excluding hydrogens is 313 g/mol. The normalized spacial score (nSPS) is 16.6. The first-order chi connectivity index (χ1) is 11.4. The molecule has 0 aliphatic carbocycles. The lowest BCUT2D eigenvalue weighted by atomic mass is 10.2. The van der Waals surface area contributed by atoms with E-state index >= 15 is 0 Å². The fraction of sp³-hybridized carbons (Fsp3) is 0.529. The number of hydrogen-bond acceptors (Lipinski definition) is 3. The van der Waals surface area contributed by atoms with Crippen LogP contribution in [0.2, 0.25) is 0 Å². The molecule has 1 fully saturated rings. The number of benzene rings is 1. The van der Waals surface area contributed by atoms with Crippen molar-refractivity contribution in [2.24, 2.45) is 0 Å². The number of hydrogen-bond donors (Lipinski definition) is 2. The van der Waals surface area contributed by atoms with E-state index in [4.69, 9.17) is 4.74 Å². The van der Waals surface area contributed by atoms with Crippen LogP contribution in [0.3, 0.4) is 0 Å². The quantitative estimate of drug-likeness (QED) is 0.854. The summed E-state index contributed by atoms with van der Waals surface area (Å²) in [5.41, 5.74) is 1.00. The molecule has 0 spiro atoms. The van der Waals surface area contributed by atoms with Crippen LogP contribution < -0.4 is 10.2 Å². The Kier molecular flexibility index (Phi) is 6.14. The molecule has 1 aromatic rings. The van der Waals surface area contributed by atoms with Crippen LogP contribution in [0.4, 0.5) is 14.9 Å². The molecule has 1 aliphatic heterocycles. The number of nitrogens with one attached hydrogen (secondary N) is 2. The number of ether oxygens (including phenoxy) is 1. The largest absolute Gasteiger partial charge is 0.450 e. The van der Waals surface area contributed by atoms with Crippen molar-refractivity contribution in [3.8, 4) is 0 Å². The zero-order valence-corrected chi connectivity index (χ0v) is 14.4. The zero-order valence-electron chi connectivity index (χ0n) is 14.4. The van der Waals surface area contributed by atoms with E-state index in [0.29, 0.717) is 44.0 Å². The maximum atomic E-state index is 13.6. The second kappa shape index (κ2) is 8.10. The predicted octanol–water partition coefficient (Wildman–Crippen LogP) is 0.818. The molecule has 1 heterocycles. The highest BCUT2D eigenvalue weighted by Crippen LogP contribution is 2.13. The average Bonchev–Trinajstić information content (AvgIpc) is 2.58. The van der Waals surface area contributed by atoms with E-state index < -0.39 is 0 Å². The van der Waals surface area contributed by atoms with E-state index in [2.05, 4.69) is 5.32 Å². The Hall–Kier alpha value is -2.15. The van der Waals surface area contributed by atoms with Crippen molar-refractivity contribution in [2.75, 3.05) is 38.1 Å². The fourth-order valence-electron chi connectivity index (χ4n) is 2.73. The summed E-state index contributed by atoms with van der Waals surface area (Å²) in [5.74, 6) is -0.492. The summed E-state index contributed by atoms with van der Waals surface area (Å²) in [6, 6.07) is 4.38.